The van der Waals surface area contributed by atoms with Crippen LogP contribution in [0.2, 0.25) is 0 Å². The van der Waals surface area contributed by atoms with Gasteiger partial charge in [-0.05, 0) is 52.2 Å². The number of hydrogen-bond acceptors (Lipinski definition) is 2. The largest absolute Gasteiger partial charge is 0.389 e. The molecular formula is C13H25F3N2. The molecule has 0 aliphatic carbocycles. The number of hydrogen-bond donors (Lipinski definition) is 1. The third kappa shape index (κ3) is 6.05. The molecule has 18 heavy (non-hydrogen) atoms. The molecule has 1 saturated heterocycles. The van der Waals surface area contributed by atoms with Gasteiger partial charge in [0.05, 0.1) is 0 Å². The fourth-order valence-electron chi connectivity index (χ4n) is 2.41. The Labute approximate surface area is 108 Å². The maximum atomic E-state index is 12.0. The molecule has 0 aromatic rings. The number of rotatable bonds is 5. The molecule has 0 radical (unpaired) electrons. The molecule has 1 heterocycles. The average molecular weight is 266 g/mol. The van der Waals surface area contributed by atoms with Crippen molar-refractivity contribution in [2.75, 3.05) is 26.2 Å². The van der Waals surface area contributed by atoms with Gasteiger partial charge >= 0.3 is 6.18 Å². The van der Waals surface area contributed by atoms with E-state index >= 15 is 0 Å². The van der Waals surface area contributed by atoms with E-state index in [1.165, 1.54) is 0 Å². The second-order valence-corrected chi connectivity index (χ2v) is 5.54. The molecule has 0 aromatic heterocycles. The lowest BCUT2D eigenvalue weighted by molar-refractivity contribution is -0.135. The van der Waals surface area contributed by atoms with Crippen molar-refractivity contribution in [3.8, 4) is 0 Å². The molecule has 0 bridgehead atoms. The van der Waals surface area contributed by atoms with Crippen LogP contribution in [0.25, 0.3) is 0 Å². The van der Waals surface area contributed by atoms with Crippen molar-refractivity contribution in [2.24, 2.45) is 0 Å². The Balaban J connectivity index is 2.28. The topological polar surface area (TPSA) is 15.3 Å². The van der Waals surface area contributed by atoms with E-state index in [1.54, 1.807) is 0 Å². The predicted octanol–water partition coefficient (Wildman–Crippen LogP) is 3.18. The number of alkyl halides is 3. The Kier molecular flexibility index (Phi) is 5.92. The Morgan fingerprint density at radius 2 is 2.00 bits per heavy atom. The number of nitrogens with zero attached hydrogens (tertiary/aromatic N) is 1. The highest BCUT2D eigenvalue weighted by Gasteiger charge is 2.28. The van der Waals surface area contributed by atoms with Crippen LogP contribution in [0.15, 0.2) is 0 Å². The third-order valence-electron chi connectivity index (χ3n) is 3.74. The molecule has 2 nitrogen and oxygen atoms in total. The highest BCUT2D eigenvalue weighted by molar-refractivity contribution is 4.87. The third-order valence-corrected chi connectivity index (χ3v) is 3.74. The summed E-state index contributed by atoms with van der Waals surface area (Å²) in [6.07, 6.45) is -1.64. The molecule has 0 spiro atoms. The van der Waals surface area contributed by atoms with Crippen molar-refractivity contribution in [1.82, 2.24) is 10.2 Å². The van der Waals surface area contributed by atoms with Gasteiger partial charge in [0.25, 0.3) is 0 Å². The van der Waals surface area contributed by atoms with Gasteiger partial charge in [-0.2, -0.15) is 13.2 Å². The molecule has 1 fully saturated rings. The molecule has 1 aliphatic rings. The number of nitrogens with one attached hydrogen (secondary N) is 1. The van der Waals surface area contributed by atoms with E-state index in [2.05, 4.69) is 24.1 Å². The van der Waals surface area contributed by atoms with Crippen LogP contribution in [0.4, 0.5) is 13.2 Å². The van der Waals surface area contributed by atoms with Crippen molar-refractivity contribution in [2.45, 2.75) is 57.7 Å². The highest BCUT2D eigenvalue weighted by atomic mass is 19.4. The van der Waals surface area contributed by atoms with Crippen LogP contribution >= 0.6 is 0 Å². The number of unbranched alkanes of at least 4 members (excludes halogenated alkanes) is 1. The second-order valence-electron chi connectivity index (χ2n) is 5.54. The fourth-order valence-corrected chi connectivity index (χ4v) is 2.41. The van der Waals surface area contributed by atoms with Gasteiger partial charge in [-0.3, -0.25) is 0 Å². The van der Waals surface area contributed by atoms with Crippen molar-refractivity contribution in [3.63, 3.8) is 0 Å². The van der Waals surface area contributed by atoms with Crippen LogP contribution in [0.5, 0.6) is 0 Å². The molecule has 1 atom stereocenters. The summed E-state index contributed by atoms with van der Waals surface area (Å²) in [6.45, 7) is 8.07. The normalized spacial score (nSPS) is 27.2. The molecule has 0 aromatic carbocycles. The van der Waals surface area contributed by atoms with Gasteiger partial charge in [-0.1, -0.05) is 6.92 Å². The first-order chi connectivity index (χ1) is 8.35. The lowest BCUT2D eigenvalue weighted by Crippen LogP contribution is -2.48. The maximum absolute atomic E-state index is 12.0. The minimum Gasteiger partial charge on any atom is -0.310 e. The summed E-state index contributed by atoms with van der Waals surface area (Å²) in [4.78, 5) is 2.31. The van der Waals surface area contributed by atoms with Crippen molar-refractivity contribution in [3.05, 3.63) is 0 Å². The van der Waals surface area contributed by atoms with Crippen molar-refractivity contribution in [1.29, 1.82) is 0 Å². The molecule has 5 heteroatoms. The Bertz CT molecular complexity index is 243. The molecule has 1 rings (SSSR count). The van der Waals surface area contributed by atoms with Gasteiger partial charge in [0.1, 0.15) is 0 Å². The Morgan fingerprint density at radius 3 is 2.61 bits per heavy atom. The molecule has 1 unspecified atom stereocenters. The standard InChI is InChI=1S/C13H25F3N2/c1-3-12(2)11-18(10-6-8-17-12)9-5-4-7-13(14,15)16/h17H,3-11H2,1-2H3. The van der Waals surface area contributed by atoms with Gasteiger partial charge in [-0.15, -0.1) is 0 Å². The molecule has 1 aliphatic heterocycles. The van der Waals surface area contributed by atoms with Crippen molar-refractivity contribution < 1.29 is 13.2 Å². The number of halogens is 3. The van der Waals surface area contributed by atoms with Gasteiger partial charge < -0.3 is 10.2 Å². The monoisotopic (exact) mass is 266 g/mol. The Hall–Kier alpha value is -0.290. The lowest BCUT2D eigenvalue weighted by Gasteiger charge is -2.32. The summed E-state index contributed by atoms with van der Waals surface area (Å²) in [5, 5.41) is 3.53. The zero-order valence-electron chi connectivity index (χ0n) is 11.4. The van der Waals surface area contributed by atoms with E-state index in [9.17, 15) is 13.2 Å². The molecular weight excluding hydrogens is 241 g/mol. The van der Waals surface area contributed by atoms with Crippen LogP contribution in [0.3, 0.4) is 0 Å². The first-order valence-electron chi connectivity index (χ1n) is 6.89. The van der Waals surface area contributed by atoms with Gasteiger partial charge in [0, 0.05) is 18.5 Å². The first kappa shape index (κ1) is 15.8. The molecule has 0 saturated carbocycles. The molecule has 0 amide bonds. The first-order valence-corrected chi connectivity index (χ1v) is 6.89. The summed E-state index contributed by atoms with van der Waals surface area (Å²) in [6, 6.07) is 0. The van der Waals surface area contributed by atoms with E-state index < -0.39 is 12.6 Å². The van der Waals surface area contributed by atoms with Crippen LogP contribution < -0.4 is 5.32 Å². The van der Waals surface area contributed by atoms with E-state index in [4.69, 9.17) is 0 Å². The zero-order valence-corrected chi connectivity index (χ0v) is 11.4. The van der Waals surface area contributed by atoms with E-state index in [0.717, 1.165) is 39.0 Å². The SMILES string of the molecule is CCC1(C)CN(CCCCC(F)(F)F)CCCN1. The Morgan fingerprint density at radius 1 is 1.28 bits per heavy atom. The summed E-state index contributed by atoms with van der Waals surface area (Å²) < 4.78 is 36.1. The van der Waals surface area contributed by atoms with E-state index in [-0.39, 0.29) is 12.0 Å². The van der Waals surface area contributed by atoms with Crippen molar-refractivity contribution >= 4 is 0 Å². The minimum absolute atomic E-state index is 0.112. The summed E-state index contributed by atoms with van der Waals surface area (Å²) in [5.74, 6) is 0. The summed E-state index contributed by atoms with van der Waals surface area (Å²) >= 11 is 0. The molecule has 1 N–H and O–H groups in total. The smallest absolute Gasteiger partial charge is 0.310 e. The van der Waals surface area contributed by atoms with Crippen LogP contribution in [0, 0.1) is 0 Å². The van der Waals surface area contributed by atoms with Gasteiger partial charge in [-0.25, -0.2) is 0 Å². The van der Waals surface area contributed by atoms with Gasteiger partial charge in [0.2, 0.25) is 0 Å². The quantitative estimate of drug-likeness (QED) is 0.769. The van der Waals surface area contributed by atoms with Crippen LogP contribution in [-0.2, 0) is 0 Å². The maximum Gasteiger partial charge on any atom is 0.389 e. The summed E-state index contributed by atoms with van der Waals surface area (Å²) in [5.41, 5.74) is 0.112. The average Bonchev–Trinajstić information content (AvgIpc) is 2.46. The van der Waals surface area contributed by atoms with E-state index in [0.29, 0.717) is 6.42 Å². The van der Waals surface area contributed by atoms with Crippen LogP contribution in [0.1, 0.15) is 46.0 Å². The van der Waals surface area contributed by atoms with Gasteiger partial charge in [0.15, 0.2) is 0 Å². The lowest BCUT2D eigenvalue weighted by atomic mass is 9.98. The predicted molar refractivity (Wildman–Crippen MR) is 67.7 cm³/mol. The summed E-state index contributed by atoms with van der Waals surface area (Å²) in [7, 11) is 0. The highest BCUT2D eigenvalue weighted by Crippen LogP contribution is 2.22. The fraction of sp³-hybridized carbons (Fsp3) is 1.00. The van der Waals surface area contributed by atoms with Crippen LogP contribution in [-0.4, -0.2) is 42.8 Å². The van der Waals surface area contributed by atoms with E-state index in [1.807, 2.05) is 0 Å². The zero-order chi connectivity index (χ0) is 13.6. The second kappa shape index (κ2) is 6.75. The molecule has 108 valence electrons. The minimum atomic E-state index is -4.00.